The molecule has 3 aromatic rings. The molecule has 0 spiro atoms. The molecule has 1 amide bonds. The Morgan fingerprint density at radius 2 is 1.61 bits per heavy atom. The van der Waals surface area contributed by atoms with E-state index in [-0.39, 0.29) is 33.2 Å². The van der Waals surface area contributed by atoms with Crippen LogP contribution in [0.1, 0.15) is 17.2 Å². The van der Waals surface area contributed by atoms with Crippen LogP contribution in [0.3, 0.4) is 0 Å². The van der Waals surface area contributed by atoms with E-state index in [0.717, 1.165) is 0 Å². The van der Waals surface area contributed by atoms with Gasteiger partial charge in [-0.25, -0.2) is 4.39 Å². The van der Waals surface area contributed by atoms with Crippen molar-refractivity contribution in [3.63, 3.8) is 0 Å². The van der Waals surface area contributed by atoms with Crippen molar-refractivity contribution in [2.24, 2.45) is 0 Å². The fraction of sp³-hybridized carbons (Fsp3) is 0.120. The molecule has 4 rings (SSSR count). The minimum Gasteiger partial charge on any atom is -0.507 e. The molecule has 1 atom stereocenters. The van der Waals surface area contributed by atoms with Crippen LogP contribution in [0.4, 0.5) is 10.1 Å². The van der Waals surface area contributed by atoms with Gasteiger partial charge in [-0.05, 0) is 24.3 Å². The van der Waals surface area contributed by atoms with Crippen molar-refractivity contribution in [3.8, 4) is 11.5 Å². The maximum absolute atomic E-state index is 14.9. The van der Waals surface area contributed by atoms with E-state index in [0.29, 0.717) is 5.69 Å². The lowest BCUT2D eigenvalue weighted by atomic mass is 9.94. The van der Waals surface area contributed by atoms with E-state index in [1.165, 1.54) is 49.5 Å². The summed E-state index contributed by atoms with van der Waals surface area (Å²) < 4.78 is 25.5. The first-order chi connectivity index (χ1) is 15.9. The van der Waals surface area contributed by atoms with Crippen LogP contribution in [0, 0.1) is 5.82 Å². The summed E-state index contributed by atoms with van der Waals surface area (Å²) in [7, 11) is 2.76. The van der Waals surface area contributed by atoms with E-state index in [9.17, 15) is 19.1 Å². The molecule has 168 valence electrons. The first-order valence-corrected chi connectivity index (χ1v) is 10.3. The van der Waals surface area contributed by atoms with Crippen LogP contribution in [0.2, 0.25) is 5.02 Å². The van der Waals surface area contributed by atoms with Gasteiger partial charge in [0.1, 0.15) is 23.1 Å². The Morgan fingerprint density at radius 1 is 0.970 bits per heavy atom. The molecule has 1 heterocycles. The highest BCUT2D eigenvalue weighted by Crippen LogP contribution is 2.45. The van der Waals surface area contributed by atoms with Gasteiger partial charge < -0.3 is 14.6 Å². The molecule has 1 N–H and O–H groups in total. The number of halogens is 2. The van der Waals surface area contributed by atoms with Gasteiger partial charge in [-0.1, -0.05) is 48.0 Å². The normalized spacial score (nSPS) is 17.3. The van der Waals surface area contributed by atoms with Crippen LogP contribution < -0.4 is 14.4 Å². The van der Waals surface area contributed by atoms with Crippen LogP contribution >= 0.6 is 11.6 Å². The number of Topliss-reactive ketones (excluding diaryl/α,β-unsaturated/α-hetero) is 1. The van der Waals surface area contributed by atoms with E-state index < -0.39 is 29.3 Å². The number of ether oxygens (including phenoxy) is 2. The number of rotatable bonds is 5. The number of methoxy groups -OCH3 is 2. The van der Waals surface area contributed by atoms with E-state index in [1.807, 2.05) is 0 Å². The molecule has 1 unspecified atom stereocenters. The zero-order valence-corrected chi connectivity index (χ0v) is 18.5. The average Bonchev–Trinajstić information content (AvgIpc) is 3.09. The summed E-state index contributed by atoms with van der Waals surface area (Å²) in [4.78, 5) is 27.5. The summed E-state index contributed by atoms with van der Waals surface area (Å²) in [5, 5.41) is 11.5. The van der Waals surface area contributed by atoms with Gasteiger partial charge in [-0.2, -0.15) is 0 Å². The maximum atomic E-state index is 14.9. The van der Waals surface area contributed by atoms with Gasteiger partial charge in [0, 0.05) is 17.3 Å². The summed E-state index contributed by atoms with van der Waals surface area (Å²) in [6, 6.07) is 15.8. The zero-order chi connectivity index (χ0) is 23.7. The van der Waals surface area contributed by atoms with Crippen molar-refractivity contribution in [2.45, 2.75) is 6.04 Å². The molecule has 0 bridgehead atoms. The first kappa shape index (κ1) is 22.4. The SMILES string of the molecule is COc1cc(/C(O)=C2\C(=O)C(=O)N(c3ccccc3)C2c2ccccc2F)c(OC)cc1Cl. The number of amides is 1. The third-order valence-corrected chi connectivity index (χ3v) is 5.70. The number of aliphatic hydroxyl groups is 1. The number of para-hydroxylation sites is 1. The standard InChI is InChI=1S/C25H19ClFNO5/c1-32-19-13-17(26)20(33-2)12-16(19)23(29)21-22(15-10-6-7-11-18(15)27)28(25(31)24(21)30)14-8-4-3-5-9-14/h3-13,22,29H,1-2H3/b23-21+. The molecule has 3 aromatic carbocycles. The molecule has 0 radical (unpaired) electrons. The van der Waals surface area contributed by atoms with Gasteiger partial charge in [-0.15, -0.1) is 0 Å². The second-order valence-corrected chi connectivity index (χ2v) is 7.62. The van der Waals surface area contributed by atoms with Gasteiger partial charge in [0.15, 0.2) is 0 Å². The summed E-state index contributed by atoms with van der Waals surface area (Å²) in [6.07, 6.45) is 0. The second kappa shape index (κ2) is 8.96. The fourth-order valence-electron chi connectivity index (χ4n) is 3.87. The first-order valence-electron chi connectivity index (χ1n) is 9.91. The van der Waals surface area contributed by atoms with Gasteiger partial charge in [0.05, 0.1) is 36.4 Å². The van der Waals surface area contributed by atoms with Crippen molar-refractivity contribution in [2.75, 3.05) is 19.1 Å². The van der Waals surface area contributed by atoms with Gasteiger partial charge in [0.25, 0.3) is 11.7 Å². The molecule has 33 heavy (non-hydrogen) atoms. The number of carbonyl (C=O) groups excluding carboxylic acids is 2. The minimum atomic E-state index is -1.21. The number of ketones is 1. The van der Waals surface area contributed by atoms with Crippen molar-refractivity contribution >= 4 is 34.7 Å². The Bertz CT molecular complexity index is 1280. The number of benzene rings is 3. The van der Waals surface area contributed by atoms with Crippen molar-refractivity contribution in [3.05, 3.63) is 94.3 Å². The average molecular weight is 468 g/mol. The lowest BCUT2D eigenvalue weighted by molar-refractivity contribution is -0.132. The van der Waals surface area contributed by atoms with Crippen molar-refractivity contribution in [1.29, 1.82) is 0 Å². The monoisotopic (exact) mass is 467 g/mol. The molecule has 1 aliphatic heterocycles. The predicted molar refractivity (Wildman–Crippen MR) is 122 cm³/mol. The Morgan fingerprint density at radius 3 is 2.24 bits per heavy atom. The number of anilines is 1. The van der Waals surface area contributed by atoms with Crippen LogP contribution in [-0.2, 0) is 9.59 Å². The van der Waals surface area contributed by atoms with Gasteiger partial charge in [-0.3, -0.25) is 14.5 Å². The van der Waals surface area contributed by atoms with Crippen molar-refractivity contribution < 1.29 is 28.6 Å². The highest BCUT2D eigenvalue weighted by molar-refractivity contribution is 6.51. The smallest absolute Gasteiger partial charge is 0.300 e. The lowest BCUT2D eigenvalue weighted by Gasteiger charge is -2.25. The van der Waals surface area contributed by atoms with Gasteiger partial charge >= 0.3 is 0 Å². The second-order valence-electron chi connectivity index (χ2n) is 7.21. The number of hydrogen-bond donors (Lipinski definition) is 1. The molecule has 1 fully saturated rings. The Labute approximate surface area is 194 Å². The summed E-state index contributed by atoms with van der Waals surface area (Å²) in [5.41, 5.74) is 0.234. The minimum absolute atomic E-state index is 0.0574. The molecule has 1 aliphatic rings. The largest absolute Gasteiger partial charge is 0.507 e. The molecule has 1 saturated heterocycles. The molecule has 0 aliphatic carbocycles. The molecular formula is C25H19ClFNO5. The van der Waals surface area contributed by atoms with Gasteiger partial charge in [0.2, 0.25) is 0 Å². The fourth-order valence-corrected chi connectivity index (χ4v) is 4.10. The number of nitrogens with zero attached hydrogens (tertiary/aromatic N) is 1. The Kier molecular flexibility index (Phi) is 6.07. The highest BCUT2D eigenvalue weighted by atomic mass is 35.5. The van der Waals surface area contributed by atoms with Crippen LogP contribution in [0.15, 0.2) is 72.3 Å². The molecule has 0 aromatic heterocycles. The lowest BCUT2D eigenvalue weighted by Crippen LogP contribution is -2.29. The van der Waals surface area contributed by atoms with E-state index >= 15 is 0 Å². The Hall–Kier alpha value is -3.84. The Balaban J connectivity index is 2.02. The molecule has 8 heteroatoms. The van der Waals surface area contributed by atoms with Crippen molar-refractivity contribution in [1.82, 2.24) is 0 Å². The van der Waals surface area contributed by atoms with Crippen LogP contribution in [0.25, 0.3) is 5.76 Å². The third kappa shape index (κ3) is 3.81. The zero-order valence-electron chi connectivity index (χ0n) is 17.7. The summed E-state index contributed by atoms with van der Waals surface area (Å²) in [5.74, 6) is -2.64. The number of carbonyl (C=O) groups is 2. The topological polar surface area (TPSA) is 76.1 Å². The summed E-state index contributed by atoms with van der Waals surface area (Å²) >= 11 is 6.16. The highest BCUT2D eigenvalue weighted by Gasteiger charge is 2.48. The maximum Gasteiger partial charge on any atom is 0.300 e. The van der Waals surface area contributed by atoms with Crippen LogP contribution in [-0.4, -0.2) is 31.0 Å². The van der Waals surface area contributed by atoms with Crippen LogP contribution in [0.5, 0.6) is 11.5 Å². The molecule has 0 saturated carbocycles. The number of aliphatic hydroxyl groups excluding tert-OH is 1. The molecular weight excluding hydrogens is 449 g/mol. The quantitative estimate of drug-likeness (QED) is 0.320. The third-order valence-electron chi connectivity index (χ3n) is 5.41. The number of hydrogen-bond acceptors (Lipinski definition) is 5. The molecule has 6 nitrogen and oxygen atoms in total. The predicted octanol–water partition coefficient (Wildman–Crippen LogP) is 5.12. The van der Waals surface area contributed by atoms with E-state index in [4.69, 9.17) is 21.1 Å². The van der Waals surface area contributed by atoms with E-state index in [1.54, 1.807) is 36.4 Å². The summed E-state index contributed by atoms with van der Waals surface area (Å²) in [6.45, 7) is 0. The van der Waals surface area contributed by atoms with E-state index in [2.05, 4.69) is 0 Å².